The first kappa shape index (κ1) is 21.0. The van der Waals surface area contributed by atoms with Crippen LogP contribution in [-0.4, -0.2) is 57.4 Å². The van der Waals surface area contributed by atoms with E-state index >= 15 is 0 Å². The first-order chi connectivity index (χ1) is 14.8. The van der Waals surface area contributed by atoms with Crippen molar-refractivity contribution in [3.8, 4) is 0 Å². The van der Waals surface area contributed by atoms with Crippen molar-refractivity contribution in [1.82, 2.24) is 20.0 Å². The van der Waals surface area contributed by atoms with Gasteiger partial charge in [0.05, 0.1) is 11.1 Å². The zero-order valence-electron chi connectivity index (χ0n) is 16.4. The second-order valence-electron chi connectivity index (χ2n) is 7.51. The Morgan fingerprint density at radius 2 is 1.68 bits per heavy atom. The molecule has 1 fully saturated rings. The molecule has 11 heteroatoms. The second kappa shape index (κ2) is 8.12. The molecule has 0 atom stereocenters. The molecule has 8 nitrogen and oxygen atoms in total. The molecule has 0 saturated carbocycles. The second-order valence-corrected chi connectivity index (χ2v) is 7.51. The molecule has 3 heterocycles. The predicted molar refractivity (Wildman–Crippen MR) is 98.9 cm³/mol. The highest BCUT2D eigenvalue weighted by Crippen LogP contribution is 2.32. The number of alkyl halides is 3. The third-order valence-electron chi connectivity index (χ3n) is 5.53. The number of fused-ring (bicyclic) bond motifs is 1. The summed E-state index contributed by atoms with van der Waals surface area (Å²) in [5, 5.41) is 6.53. The molecule has 0 bridgehead atoms. The van der Waals surface area contributed by atoms with Crippen molar-refractivity contribution in [1.29, 1.82) is 0 Å². The van der Waals surface area contributed by atoms with E-state index < -0.39 is 12.1 Å². The molecule has 4 rings (SSSR count). The summed E-state index contributed by atoms with van der Waals surface area (Å²) in [6.07, 6.45) is -3.34. The van der Waals surface area contributed by atoms with E-state index in [0.717, 1.165) is 4.90 Å². The highest BCUT2D eigenvalue weighted by atomic mass is 19.4. The van der Waals surface area contributed by atoms with Gasteiger partial charge in [-0.25, -0.2) is 0 Å². The number of rotatable bonds is 5. The van der Waals surface area contributed by atoms with Crippen LogP contribution in [0.4, 0.5) is 13.2 Å². The van der Waals surface area contributed by atoms with Crippen molar-refractivity contribution >= 4 is 17.7 Å². The van der Waals surface area contributed by atoms with E-state index in [-0.39, 0.29) is 42.5 Å². The van der Waals surface area contributed by atoms with Gasteiger partial charge in [0, 0.05) is 32.0 Å². The van der Waals surface area contributed by atoms with Gasteiger partial charge in [0.1, 0.15) is 0 Å². The molecule has 1 aromatic heterocycles. The van der Waals surface area contributed by atoms with Gasteiger partial charge in [-0.2, -0.15) is 13.2 Å². The number of benzene rings is 1. The van der Waals surface area contributed by atoms with E-state index in [4.69, 9.17) is 4.42 Å². The Balaban J connectivity index is 1.24. The van der Waals surface area contributed by atoms with Crippen LogP contribution in [0.25, 0.3) is 0 Å². The molecule has 3 amide bonds. The fourth-order valence-corrected chi connectivity index (χ4v) is 3.88. The molecule has 0 unspecified atom stereocenters. The van der Waals surface area contributed by atoms with Crippen molar-refractivity contribution < 1.29 is 32.0 Å². The number of piperidine rings is 1. The normalized spacial score (nSPS) is 17.4. The first-order valence-electron chi connectivity index (χ1n) is 9.89. The van der Waals surface area contributed by atoms with Crippen LogP contribution in [0.2, 0.25) is 0 Å². The monoisotopic (exact) mass is 436 g/mol. The van der Waals surface area contributed by atoms with Crippen LogP contribution in [0.3, 0.4) is 0 Å². The largest absolute Gasteiger partial charge is 0.470 e. The number of carbonyl (C=O) groups is 3. The van der Waals surface area contributed by atoms with Crippen LogP contribution in [0.1, 0.15) is 64.1 Å². The van der Waals surface area contributed by atoms with Gasteiger partial charge in [-0.15, -0.1) is 10.2 Å². The summed E-state index contributed by atoms with van der Waals surface area (Å²) in [4.78, 5) is 39.9. The molecule has 164 valence electrons. The third-order valence-corrected chi connectivity index (χ3v) is 5.53. The maximum Gasteiger partial charge on any atom is 0.470 e. The summed E-state index contributed by atoms with van der Waals surface area (Å²) >= 11 is 0. The summed E-state index contributed by atoms with van der Waals surface area (Å²) in [6.45, 7) is 0.872. The van der Waals surface area contributed by atoms with Crippen LogP contribution in [0.5, 0.6) is 0 Å². The topological polar surface area (TPSA) is 96.6 Å². The number of hydrogen-bond acceptors (Lipinski definition) is 6. The van der Waals surface area contributed by atoms with Crippen LogP contribution in [0, 0.1) is 0 Å². The van der Waals surface area contributed by atoms with Crippen LogP contribution in [-0.2, 0) is 11.0 Å². The quantitative estimate of drug-likeness (QED) is 0.669. The number of nitrogens with zero attached hydrogens (tertiary/aromatic N) is 4. The molecule has 0 N–H and O–H groups in total. The van der Waals surface area contributed by atoms with Gasteiger partial charge in [-0.1, -0.05) is 12.1 Å². The van der Waals surface area contributed by atoms with Crippen LogP contribution >= 0.6 is 0 Å². The number of hydrogen-bond donors (Lipinski definition) is 0. The Labute approximate surface area is 175 Å². The first-order valence-corrected chi connectivity index (χ1v) is 9.89. The minimum atomic E-state index is -4.68. The lowest BCUT2D eigenvalue weighted by molar-refractivity contribution is -0.157. The highest BCUT2D eigenvalue weighted by Gasteiger charge is 2.39. The number of imide groups is 1. The zero-order chi connectivity index (χ0) is 22.2. The highest BCUT2D eigenvalue weighted by molar-refractivity contribution is 6.21. The third kappa shape index (κ3) is 4.17. The molecule has 0 aliphatic carbocycles. The fraction of sp³-hybridized carbons (Fsp3) is 0.450. The van der Waals surface area contributed by atoms with Crippen molar-refractivity contribution in [2.24, 2.45) is 0 Å². The van der Waals surface area contributed by atoms with Crippen molar-refractivity contribution in [3.05, 3.63) is 47.2 Å². The SMILES string of the molecule is O=C(CCCN1C(=O)c2ccccc2C1=O)N1CCC(c2nnc(C(F)(F)F)o2)CC1. The Bertz CT molecular complexity index is 977. The summed E-state index contributed by atoms with van der Waals surface area (Å²) in [5.41, 5.74) is 0.742. The van der Waals surface area contributed by atoms with Crippen molar-refractivity contribution in [3.63, 3.8) is 0 Å². The van der Waals surface area contributed by atoms with Gasteiger partial charge in [0.15, 0.2) is 0 Å². The summed E-state index contributed by atoms with van der Waals surface area (Å²) in [6, 6.07) is 6.59. The van der Waals surface area contributed by atoms with E-state index in [1.54, 1.807) is 29.2 Å². The van der Waals surface area contributed by atoms with Crippen molar-refractivity contribution in [2.75, 3.05) is 19.6 Å². The van der Waals surface area contributed by atoms with Gasteiger partial charge in [-0.3, -0.25) is 19.3 Å². The molecule has 2 aliphatic heterocycles. The minimum absolute atomic E-state index is 0.0648. The number of halogens is 3. The molecule has 1 aromatic carbocycles. The molecule has 31 heavy (non-hydrogen) atoms. The average Bonchev–Trinajstić information content (AvgIpc) is 3.34. The molecule has 2 aromatic rings. The number of aromatic nitrogens is 2. The molecule has 0 radical (unpaired) electrons. The lowest BCUT2D eigenvalue weighted by atomic mass is 9.96. The minimum Gasteiger partial charge on any atom is -0.417 e. The van der Waals surface area contributed by atoms with Gasteiger partial charge >= 0.3 is 12.1 Å². The maximum atomic E-state index is 12.6. The predicted octanol–water partition coefficient (Wildman–Crippen LogP) is 2.87. The molecule has 2 aliphatic rings. The van der Waals surface area contributed by atoms with Gasteiger partial charge in [0.25, 0.3) is 11.8 Å². The lowest BCUT2D eigenvalue weighted by Gasteiger charge is -2.30. The van der Waals surface area contributed by atoms with Crippen molar-refractivity contribution in [2.45, 2.75) is 37.8 Å². The van der Waals surface area contributed by atoms with E-state index in [1.807, 2.05) is 0 Å². The average molecular weight is 436 g/mol. The van der Waals surface area contributed by atoms with Gasteiger partial charge in [0.2, 0.25) is 11.8 Å². The maximum absolute atomic E-state index is 12.6. The zero-order valence-corrected chi connectivity index (χ0v) is 16.4. The van der Waals surface area contributed by atoms with Crippen LogP contribution in [0.15, 0.2) is 28.7 Å². The molecular weight excluding hydrogens is 417 g/mol. The van der Waals surface area contributed by atoms with E-state index in [1.165, 1.54) is 0 Å². The number of carbonyl (C=O) groups excluding carboxylic acids is 3. The summed E-state index contributed by atoms with van der Waals surface area (Å²) in [7, 11) is 0. The van der Waals surface area contributed by atoms with Gasteiger partial charge in [-0.05, 0) is 31.4 Å². The Morgan fingerprint density at radius 1 is 1.06 bits per heavy atom. The lowest BCUT2D eigenvalue weighted by Crippen LogP contribution is -2.38. The van der Waals surface area contributed by atoms with E-state index in [2.05, 4.69) is 10.2 Å². The van der Waals surface area contributed by atoms with E-state index in [9.17, 15) is 27.6 Å². The molecule has 0 spiro atoms. The molecule has 1 saturated heterocycles. The number of amides is 3. The number of likely N-dealkylation sites (tertiary alicyclic amines) is 1. The summed E-state index contributed by atoms with van der Waals surface area (Å²) in [5.74, 6) is -2.60. The van der Waals surface area contributed by atoms with E-state index in [0.29, 0.717) is 43.5 Å². The summed E-state index contributed by atoms with van der Waals surface area (Å²) < 4.78 is 42.5. The Kier molecular flexibility index (Phi) is 5.50. The van der Waals surface area contributed by atoms with Gasteiger partial charge < -0.3 is 9.32 Å². The smallest absolute Gasteiger partial charge is 0.417 e. The Hall–Kier alpha value is -3.24. The Morgan fingerprint density at radius 3 is 2.23 bits per heavy atom. The van der Waals surface area contributed by atoms with Crippen LogP contribution < -0.4 is 0 Å². The fourth-order valence-electron chi connectivity index (χ4n) is 3.88. The standard InChI is InChI=1S/C20H19F3N4O4/c21-20(22,23)19-25-24-16(31-19)12-7-10-26(11-8-12)15(28)6-3-9-27-17(29)13-4-1-2-5-14(13)18(27)30/h1-2,4-5,12H,3,6-11H2. The molecular formula is C20H19F3N4O4.